The Morgan fingerprint density at radius 1 is 1.10 bits per heavy atom. The summed E-state index contributed by atoms with van der Waals surface area (Å²) >= 11 is 0. The number of rotatable bonds is 9. The molecule has 1 heterocycles. The summed E-state index contributed by atoms with van der Waals surface area (Å²) in [5.41, 5.74) is 1.42. The first-order chi connectivity index (χ1) is 13.5. The Labute approximate surface area is 193 Å². The predicted octanol–water partition coefficient (Wildman–Crippen LogP) is 3.00. The number of aliphatic imine (C=N–C) groups is 1. The average Bonchev–Trinajstić information content (AvgIpc) is 2.92. The lowest BCUT2D eigenvalue weighted by Crippen LogP contribution is -2.39. The van der Waals surface area contributed by atoms with Crippen molar-refractivity contribution < 1.29 is 8.42 Å². The zero-order valence-electron chi connectivity index (χ0n) is 17.6. The zero-order valence-corrected chi connectivity index (χ0v) is 20.8. The fourth-order valence-corrected chi connectivity index (χ4v) is 3.93. The largest absolute Gasteiger partial charge is 0.357 e. The number of halogens is 1. The molecule has 0 amide bonds. The van der Waals surface area contributed by atoms with E-state index in [1.807, 2.05) is 25.1 Å². The minimum absolute atomic E-state index is 0. The van der Waals surface area contributed by atoms with Crippen LogP contribution in [0.3, 0.4) is 0 Å². The Morgan fingerprint density at radius 2 is 1.79 bits per heavy atom. The number of sulfonamides is 1. The molecule has 0 aliphatic carbocycles. The minimum Gasteiger partial charge on any atom is -0.357 e. The van der Waals surface area contributed by atoms with Crippen LogP contribution in [0, 0.1) is 0 Å². The molecule has 1 fully saturated rings. The van der Waals surface area contributed by atoms with Crippen LogP contribution in [0.15, 0.2) is 29.3 Å². The van der Waals surface area contributed by atoms with E-state index in [2.05, 4.69) is 25.2 Å². The molecular weight excluding hydrogens is 501 g/mol. The third-order valence-corrected chi connectivity index (χ3v) is 5.30. The second-order valence-corrected chi connectivity index (χ2v) is 9.01. The molecule has 166 valence electrons. The number of benzene rings is 1. The lowest BCUT2D eigenvalue weighted by Gasteiger charge is -2.20. The summed E-state index contributed by atoms with van der Waals surface area (Å²) in [6, 6.07) is 7.35. The molecule has 0 bridgehead atoms. The van der Waals surface area contributed by atoms with Crippen LogP contribution in [0.25, 0.3) is 0 Å². The number of nitrogens with one attached hydrogen (secondary N) is 3. The molecule has 1 aromatic rings. The van der Waals surface area contributed by atoms with Crippen molar-refractivity contribution in [2.75, 3.05) is 43.7 Å². The number of hydrogen-bond donors (Lipinski definition) is 3. The Bertz CT molecular complexity index is 719. The highest BCUT2D eigenvalue weighted by Gasteiger charge is 2.09. The SMILES string of the molecule is CCNC(=NCc1ccccc1NS(C)(=O)=O)NCCCN1CCCCCC1.I. The van der Waals surface area contributed by atoms with Crippen molar-refractivity contribution in [2.24, 2.45) is 4.99 Å². The topological polar surface area (TPSA) is 85.8 Å². The van der Waals surface area contributed by atoms with Gasteiger partial charge in [0.15, 0.2) is 5.96 Å². The molecule has 1 saturated heterocycles. The maximum atomic E-state index is 11.5. The molecule has 0 radical (unpaired) electrons. The van der Waals surface area contributed by atoms with Crippen molar-refractivity contribution in [3.8, 4) is 0 Å². The van der Waals surface area contributed by atoms with Gasteiger partial charge in [-0.05, 0) is 57.5 Å². The van der Waals surface area contributed by atoms with Crippen LogP contribution in [0.2, 0.25) is 0 Å². The molecule has 0 saturated carbocycles. The second kappa shape index (κ2) is 14.0. The smallest absolute Gasteiger partial charge is 0.229 e. The number of anilines is 1. The summed E-state index contributed by atoms with van der Waals surface area (Å²) in [6.07, 6.45) is 7.60. The van der Waals surface area contributed by atoms with Gasteiger partial charge in [0.05, 0.1) is 18.5 Å². The lowest BCUT2D eigenvalue weighted by molar-refractivity contribution is 0.282. The third-order valence-electron chi connectivity index (χ3n) is 4.71. The number of guanidine groups is 1. The van der Waals surface area contributed by atoms with Gasteiger partial charge in [-0.1, -0.05) is 31.0 Å². The number of likely N-dealkylation sites (tertiary alicyclic amines) is 1. The molecule has 2 rings (SSSR count). The van der Waals surface area contributed by atoms with Crippen LogP contribution in [0.5, 0.6) is 0 Å². The number of hydrogen-bond acceptors (Lipinski definition) is 4. The van der Waals surface area contributed by atoms with Crippen LogP contribution in [-0.2, 0) is 16.6 Å². The Hall–Kier alpha value is -1.07. The predicted molar refractivity (Wildman–Crippen MR) is 133 cm³/mol. The summed E-state index contributed by atoms with van der Waals surface area (Å²) in [7, 11) is -3.31. The van der Waals surface area contributed by atoms with E-state index >= 15 is 0 Å². The first kappa shape index (κ1) is 26.0. The maximum absolute atomic E-state index is 11.5. The average molecular weight is 538 g/mol. The first-order valence-electron chi connectivity index (χ1n) is 10.3. The van der Waals surface area contributed by atoms with Gasteiger partial charge in [-0.15, -0.1) is 24.0 Å². The van der Waals surface area contributed by atoms with Crippen molar-refractivity contribution >= 4 is 45.6 Å². The quantitative estimate of drug-likeness (QED) is 0.195. The molecule has 0 aromatic heterocycles. The van der Waals surface area contributed by atoms with E-state index < -0.39 is 10.0 Å². The molecule has 0 spiro atoms. The van der Waals surface area contributed by atoms with Crippen LogP contribution in [0.1, 0.15) is 44.6 Å². The van der Waals surface area contributed by atoms with Gasteiger partial charge < -0.3 is 15.5 Å². The van der Waals surface area contributed by atoms with E-state index in [9.17, 15) is 8.42 Å². The van der Waals surface area contributed by atoms with Crippen molar-refractivity contribution in [1.82, 2.24) is 15.5 Å². The van der Waals surface area contributed by atoms with Gasteiger partial charge in [0.1, 0.15) is 0 Å². The van der Waals surface area contributed by atoms with E-state index in [1.165, 1.54) is 38.8 Å². The highest BCUT2D eigenvalue weighted by Crippen LogP contribution is 2.17. The number of para-hydroxylation sites is 1. The summed E-state index contributed by atoms with van der Waals surface area (Å²) < 4.78 is 25.6. The fraction of sp³-hybridized carbons (Fsp3) is 0.650. The van der Waals surface area contributed by atoms with E-state index in [4.69, 9.17) is 0 Å². The molecule has 1 aromatic carbocycles. The molecule has 1 aliphatic rings. The van der Waals surface area contributed by atoms with Gasteiger partial charge in [-0.25, -0.2) is 13.4 Å². The summed E-state index contributed by atoms with van der Waals surface area (Å²) in [4.78, 5) is 7.18. The molecule has 29 heavy (non-hydrogen) atoms. The van der Waals surface area contributed by atoms with Gasteiger partial charge in [-0.2, -0.15) is 0 Å². The molecule has 9 heteroatoms. The summed E-state index contributed by atoms with van der Waals surface area (Å²) in [5, 5.41) is 6.64. The van der Waals surface area contributed by atoms with Gasteiger partial charge in [0.2, 0.25) is 10.0 Å². The van der Waals surface area contributed by atoms with E-state index in [-0.39, 0.29) is 24.0 Å². The highest BCUT2D eigenvalue weighted by molar-refractivity contribution is 14.0. The first-order valence-corrected chi connectivity index (χ1v) is 12.2. The molecule has 3 N–H and O–H groups in total. The van der Waals surface area contributed by atoms with Crippen molar-refractivity contribution in [2.45, 2.75) is 45.6 Å². The number of nitrogens with zero attached hydrogens (tertiary/aromatic N) is 2. The van der Waals surface area contributed by atoms with E-state index in [1.54, 1.807) is 6.07 Å². The van der Waals surface area contributed by atoms with Crippen molar-refractivity contribution in [3.05, 3.63) is 29.8 Å². The van der Waals surface area contributed by atoms with Crippen LogP contribution >= 0.6 is 24.0 Å². The maximum Gasteiger partial charge on any atom is 0.229 e. The van der Waals surface area contributed by atoms with E-state index in [0.29, 0.717) is 12.2 Å². The molecule has 1 aliphatic heterocycles. The highest BCUT2D eigenvalue weighted by atomic mass is 127. The second-order valence-electron chi connectivity index (χ2n) is 7.26. The third kappa shape index (κ3) is 11.0. The van der Waals surface area contributed by atoms with Crippen LogP contribution < -0.4 is 15.4 Å². The molecule has 0 atom stereocenters. The fourth-order valence-electron chi connectivity index (χ4n) is 3.33. The normalized spacial score (nSPS) is 15.9. The van der Waals surface area contributed by atoms with Crippen LogP contribution in [0.4, 0.5) is 5.69 Å². The summed E-state index contributed by atoms with van der Waals surface area (Å²) in [6.45, 7) is 7.64. The van der Waals surface area contributed by atoms with E-state index in [0.717, 1.165) is 43.8 Å². The van der Waals surface area contributed by atoms with Gasteiger partial charge >= 0.3 is 0 Å². The summed E-state index contributed by atoms with van der Waals surface area (Å²) in [5.74, 6) is 0.757. The molecule has 0 unspecified atom stereocenters. The zero-order chi connectivity index (χ0) is 20.2. The van der Waals surface area contributed by atoms with Gasteiger partial charge in [0, 0.05) is 13.1 Å². The van der Waals surface area contributed by atoms with Crippen molar-refractivity contribution in [3.63, 3.8) is 0 Å². The molecular formula is C20H36IN5O2S. The minimum atomic E-state index is -3.31. The van der Waals surface area contributed by atoms with Crippen molar-refractivity contribution in [1.29, 1.82) is 0 Å². The Balaban J connectivity index is 0.00000420. The molecule has 7 nitrogen and oxygen atoms in total. The standard InChI is InChI=1S/C20H35N5O2S.HI/c1-3-21-20(22-13-10-16-25-14-8-4-5-9-15-25)23-17-18-11-6-7-12-19(18)24-28(2,26)27;/h6-7,11-12,24H,3-5,8-10,13-17H2,1-2H3,(H2,21,22,23);1H. The lowest BCUT2D eigenvalue weighted by atomic mass is 10.2. The van der Waals surface area contributed by atoms with Crippen LogP contribution in [-0.4, -0.2) is 58.3 Å². The van der Waals surface area contributed by atoms with Gasteiger partial charge in [0.25, 0.3) is 0 Å². The Kier molecular flexibility index (Phi) is 12.6. The van der Waals surface area contributed by atoms with Gasteiger partial charge in [-0.3, -0.25) is 4.72 Å². The Morgan fingerprint density at radius 3 is 2.45 bits per heavy atom. The monoisotopic (exact) mass is 537 g/mol.